The summed E-state index contributed by atoms with van der Waals surface area (Å²) >= 11 is 6.08. The molecule has 0 radical (unpaired) electrons. The maximum absolute atomic E-state index is 13.1. The molecule has 2 aromatic rings. The van der Waals surface area contributed by atoms with Gasteiger partial charge in [-0.05, 0) is 42.8 Å². The van der Waals surface area contributed by atoms with Gasteiger partial charge < -0.3 is 11.1 Å². The summed E-state index contributed by atoms with van der Waals surface area (Å²) in [6.45, 7) is 0. The van der Waals surface area contributed by atoms with E-state index in [1.165, 1.54) is 12.1 Å². The van der Waals surface area contributed by atoms with Gasteiger partial charge in [-0.1, -0.05) is 23.7 Å². The normalized spacial score (nSPS) is 12.4. The first-order chi connectivity index (χ1) is 9.11. The van der Waals surface area contributed by atoms with Gasteiger partial charge >= 0.3 is 0 Å². The van der Waals surface area contributed by atoms with E-state index in [0.29, 0.717) is 17.3 Å². The van der Waals surface area contributed by atoms with E-state index < -0.39 is 0 Å². The molecule has 0 amide bonds. The lowest BCUT2D eigenvalue weighted by Gasteiger charge is -2.18. The molecule has 0 saturated carbocycles. The van der Waals surface area contributed by atoms with Gasteiger partial charge in [0, 0.05) is 17.3 Å². The zero-order valence-electron chi connectivity index (χ0n) is 10.5. The summed E-state index contributed by atoms with van der Waals surface area (Å²) < 4.78 is 13.1. The number of anilines is 1. The number of aromatic nitrogens is 1. The number of nitrogens with one attached hydrogen (secondary N) is 1. The molecule has 0 bridgehead atoms. The van der Waals surface area contributed by atoms with Crippen LogP contribution in [-0.4, -0.2) is 12.0 Å². The lowest BCUT2D eigenvalue weighted by atomic mass is 9.99. The van der Waals surface area contributed by atoms with Gasteiger partial charge in [0.2, 0.25) is 0 Å². The number of likely N-dealkylation sites (N-methyl/N-ethyl adjacent to an activating group) is 1. The molecule has 100 valence electrons. The third-order valence-corrected chi connectivity index (χ3v) is 3.36. The van der Waals surface area contributed by atoms with E-state index in [1.807, 2.05) is 19.2 Å². The number of benzene rings is 1. The number of pyridine rings is 1. The van der Waals surface area contributed by atoms with Crippen molar-refractivity contribution < 1.29 is 4.39 Å². The van der Waals surface area contributed by atoms with E-state index in [1.54, 1.807) is 12.3 Å². The van der Waals surface area contributed by atoms with Crippen molar-refractivity contribution in [2.75, 3.05) is 12.8 Å². The predicted octanol–water partition coefficient (Wildman–Crippen LogP) is 2.96. The van der Waals surface area contributed by atoms with E-state index in [-0.39, 0.29) is 11.9 Å². The SMILES string of the molecule is CNC(Cc1cccnc1N)c1ccc(F)cc1Cl. The second-order valence-corrected chi connectivity index (χ2v) is 4.67. The molecule has 2 rings (SSSR count). The second kappa shape index (κ2) is 5.99. The van der Waals surface area contributed by atoms with Crippen LogP contribution in [0.15, 0.2) is 36.5 Å². The molecule has 0 fully saturated rings. The first-order valence-electron chi connectivity index (χ1n) is 5.93. The van der Waals surface area contributed by atoms with Gasteiger partial charge in [-0.2, -0.15) is 0 Å². The largest absolute Gasteiger partial charge is 0.383 e. The van der Waals surface area contributed by atoms with Crippen molar-refractivity contribution in [2.45, 2.75) is 12.5 Å². The van der Waals surface area contributed by atoms with Crippen LogP contribution in [0.5, 0.6) is 0 Å². The number of halogens is 2. The molecule has 1 aromatic carbocycles. The Hall–Kier alpha value is -1.65. The molecule has 1 heterocycles. The average molecular weight is 280 g/mol. The monoisotopic (exact) mass is 279 g/mol. The summed E-state index contributed by atoms with van der Waals surface area (Å²) in [6, 6.07) is 8.12. The average Bonchev–Trinajstić information content (AvgIpc) is 2.39. The summed E-state index contributed by atoms with van der Waals surface area (Å²) in [7, 11) is 1.83. The van der Waals surface area contributed by atoms with Crippen LogP contribution in [0.1, 0.15) is 17.2 Å². The molecule has 0 spiro atoms. The van der Waals surface area contributed by atoms with Gasteiger partial charge in [0.25, 0.3) is 0 Å². The molecule has 19 heavy (non-hydrogen) atoms. The van der Waals surface area contributed by atoms with Crippen molar-refractivity contribution in [1.29, 1.82) is 0 Å². The van der Waals surface area contributed by atoms with Crippen molar-refractivity contribution >= 4 is 17.4 Å². The lowest BCUT2D eigenvalue weighted by molar-refractivity contribution is 0.586. The molecule has 0 aliphatic rings. The molecule has 5 heteroatoms. The predicted molar refractivity (Wildman–Crippen MR) is 75.6 cm³/mol. The number of nitrogens with zero attached hydrogens (tertiary/aromatic N) is 1. The van der Waals surface area contributed by atoms with E-state index >= 15 is 0 Å². The highest BCUT2D eigenvalue weighted by atomic mass is 35.5. The fraction of sp³-hybridized carbons (Fsp3) is 0.214. The van der Waals surface area contributed by atoms with Crippen LogP contribution in [0.3, 0.4) is 0 Å². The minimum atomic E-state index is -0.343. The highest BCUT2D eigenvalue weighted by Gasteiger charge is 2.15. The molecular formula is C14H15ClFN3. The third-order valence-electron chi connectivity index (χ3n) is 3.04. The smallest absolute Gasteiger partial charge is 0.126 e. The summed E-state index contributed by atoms with van der Waals surface area (Å²) in [4.78, 5) is 4.05. The van der Waals surface area contributed by atoms with E-state index in [4.69, 9.17) is 17.3 Å². The molecule has 0 aliphatic carbocycles. The van der Waals surface area contributed by atoms with E-state index in [2.05, 4.69) is 10.3 Å². The molecule has 0 aliphatic heterocycles. The number of hydrogen-bond acceptors (Lipinski definition) is 3. The molecule has 1 unspecified atom stereocenters. The minimum Gasteiger partial charge on any atom is -0.383 e. The fourth-order valence-electron chi connectivity index (χ4n) is 1.99. The maximum Gasteiger partial charge on any atom is 0.126 e. The highest BCUT2D eigenvalue weighted by molar-refractivity contribution is 6.31. The number of nitrogens with two attached hydrogens (primary N) is 1. The van der Waals surface area contributed by atoms with Crippen molar-refractivity contribution in [3.63, 3.8) is 0 Å². The molecule has 1 aromatic heterocycles. The van der Waals surface area contributed by atoms with Gasteiger partial charge in [0.05, 0.1) is 0 Å². The van der Waals surface area contributed by atoms with Crippen molar-refractivity contribution in [2.24, 2.45) is 0 Å². The van der Waals surface area contributed by atoms with Crippen molar-refractivity contribution in [3.8, 4) is 0 Å². The minimum absolute atomic E-state index is 0.0420. The topological polar surface area (TPSA) is 50.9 Å². The zero-order chi connectivity index (χ0) is 13.8. The Morgan fingerprint density at radius 3 is 2.84 bits per heavy atom. The molecule has 3 N–H and O–H groups in total. The van der Waals surface area contributed by atoms with Crippen LogP contribution in [0.25, 0.3) is 0 Å². The Bertz CT molecular complexity index is 574. The van der Waals surface area contributed by atoms with Crippen LogP contribution in [0.4, 0.5) is 10.2 Å². The van der Waals surface area contributed by atoms with Crippen LogP contribution >= 0.6 is 11.6 Å². The highest BCUT2D eigenvalue weighted by Crippen LogP contribution is 2.27. The summed E-state index contributed by atoms with van der Waals surface area (Å²) in [5, 5.41) is 3.57. The number of nitrogen functional groups attached to an aromatic ring is 1. The van der Waals surface area contributed by atoms with Gasteiger partial charge in [-0.25, -0.2) is 9.37 Å². The Labute approximate surface area is 116 Å². The Balaban J connectivity index is 2.28. The van der Waals surface area contributed by atoms with Crippen LogP contribution < -0.4 is 11.1 Å². The van der Waals surface area contributed by atoms with Gasteiger partial charge in [-0.3, -0.25) is 0 Å². The second-order valence-electron chi connectivity index (χ2n) is 4.26. The van der Waals surface area contributed by atoms with Crippen molar-refractivity contribution in [1.82, 2.24) is 10.3 Å². The summed E-state index contributed by atoms with van der Waals surface area (Å²) in [5.41, 5.74) is 7.61. The Morgan fingerprint density at radius 1 is 1.42 bits per heavy atom. The first kappa shape index (κ1) is 13.8. The summed E-state index contributed by atoms with van der Waals surface area (Å²) in [5.74, 6) is 0.158. The number of rotatable bonds is 4. The van der Waals surface area contributed by atoms with Crippen LogP contribution in [0.2, 0.25) is 5.02 Å². The summed E-state index contributed by atoms with van der Waals surface area (Å²) in [6.07, 6.45) is 2.29. The van der Waals surface area contributed by atoms with Gasteiger partial charge in [-0.15, -0.1) is 0 Å². The molecular weight excluding hydrogens is 265 g/mol. The van der Waals surface area contributed by atoms with Crippen LogP contribution in [0, 0.1) is 5.82 Å². The third kappa shape index (κ3) is 3.22. The Morgan fingerprint density at radius 2 is 2.21 bits per heavy atom. The van der Waals surface area contributed by atoms with Gasteiger partial charge in [0.1, 0.15) is 11.6 Å². The lowest BCUT2D eigenvalue weighted by Crippen LogP contribution is -2.20. The zero-order valence-corrected chi connectivity index (χ0v) is 11.3. The molecule has 3 nitrogen and oxygen atoms in total. The van der Waals surface area contributed by atoms with Crippen LogP contribution in [-0.2, 0) is 6.42 Å². The first-order valence-corrected chi connectivity index (χ1v) is 6.31. The Kier molecular flexibility index (Phi) is 4.35. The molecule has 1 atom stereocenters. The standard InChI is InChI=1S/C14H15ClFN3/c1-18-13(7-9-3-2-6-19-14(9)17)11-5-4-10(16)8-12(11)15/h2-6,8,13,18H,7H2,1H3,(H2,17,19). The fourth-order valence-corrected chi connectivity index (χ4v) is 2.29. The van der Waals surface area contributed by atoms with E-state index in [9.17, 15) is 4.39 Å². The maximum atomic E-state index is 13.1. The van der Waals surface area contributed by atoms with E-state index in [0.717, 1.165) is 11.1 Å². The quantitative estimate of drug-likeness (QED) is 0.905. The van der Waals surface area contributed by atoms with Gasteiger partial charge in [0.15, 0.2) is 0 Å². The molecule has 0 saturated heterocycles. The van der Waals surface area contributed by atoms with Crippen molar-refractivity contribution in [3.05, 3.63) is 58.5 Å². The number of hydrogen-bond donors (Lipinski definition) is 2.